The molecule has 1 atom stereocenters. The Morgan fingerprint density at radius 3 is 2.94 bits per heavy atom. The molecule has 2 nitrogen and oxygen atoms in total. The highest BCUT2D eigenvalue weighted by atomic mass is 32.2. The van der Waals surface area contributed by atoms with E-state index in [0.29, 0.717) is 0 Å². The van der Waals surface area contributed by atoms with Crippen molar-refractivity contribution in [2.24, 2.45) is 10.9 Å². The number of rotatable bonds is 3. The Bertz CT molecular complexity index is 438. The molecule has 1 aliphatic carbocycles. The second-order valence-corrected chi connectivity index (χ2v) is 6.15. The topological polar surface area (TPSA) is 24.4 Å². The Morgan fingerprint density at radius 1 is 1.35 bits per heavy atom. The van der Waals surface area contributed by atoms with Crippen molar-refractivity contribution in [3.05, 3.63) is 35.4 Å². The minimum atomic E-state index is 0.759. The lowest BCUT2D eigenvalue weighted by atomic mass is 10.1. The largest absolute Gasteiger partial charge is 0.361 e. The van der Waals surface area contributed by atoms with Gasteiger partial charge in [0.25, 0.3) is 0 Å². The van der Waals surface area contributed by atoms with E-state index in [0.717, 1.165) is 29.4 Å². The Kier molecular flexibility index (Phi) is 3.10. The highest BCUT2D eigenvalue weighted by Gasteiger charge is 2.35. The van der Waals surface area contributed by atoms with Crippen LogP contribution in [0.3, 0.4) is 0 Å². The third-order valence-electron chi connectivity index (χ3n) is 3.52. The van der Waals surface area contributed by atoms with Crippen LogP contribution >= 0.6 is 11.8 Å². The maximum Gasteiger partial charge on any atom is 0.157 e. The van der Waals surface area contributed by atoms with Crippen LogP contribution in [0.4, 0.5) is 0 Å². The molecule has 0 saturated heterocycles. The number of nitrogens with zero attached hydrogens (tertiary/aromatic N) is 1. The van der Waals surface area contributed by atoms with Gasteiger partial charge in [0.1, 0.15) is 0 Å². The van der Waals surface area contributed by atoms with E-state index in [1.165, 1.54) is 24.0 Å². The van der Waals surface area contributed by atoms with E-state index in [4.69, 9.17) is 0 Å². The zero-order chi connectivity index (χ0) is 11.7. The van der Waals surface area contributed by atoms with Gasteiger partial charge in [0.05, 0.1) is 6.54 Å². The van der Waals surface area contributed by atoms with Crippen molar-refractivity contribution in [1.82, 2.24) is 5.32 Å². The third kappa shape index (κ3) is 2.65. The Labute approximate surface area is 107 Å². The molecule has 17 heavy (non-hydrogen) atoms. The molecule has 0 radical (unpaired) electrons. The number of nitrogens with one attached hydrogen (secondary N) is 1. The quantitative estimate of drug-likeness (QED) is 0.886. The highest BCUT2D eigenvalue weighted by Crippen LogP contribution is 2.41. The molecule has 2 aliphatic rings. The van der Waals surface area contributed by atoms with Crippen molar-refractivity contribution in [2.75, 3.05) is 6.54 Å². The number of aryl methyl sites for hydroxylation is 1. The zero-order valence-electron chi connectivity index (χ0n) is 10.1. The predicted molar refractivity (Wildman–Crippen MR) is 74.4 cm³/mol. The number of amidine groups is 1. The maximum absolute atomic E-state index is 4.59. The number of hydrogen-bond acceptors (Lipinski definition) is 3. The fourth-order valence-electron chi connectivity index (χ4n) is 2.18. The first kappa shape index (κ1) is 11.1. The number of benzene rings is 1. The first-order valence-electron chi connectivity index (χ1n) is 6.32. The molecule has 0 amide bonds. The van der Waals surface area contributed by atoms with Gasteiger partial charge in [-0.25, -0.2) is 0 Å². The van der Waals surface area contributed by atoms with Crippen LogP contribution in [0.25, 0.3) is 0 Å². The lowest BCUT2D eigenvalue weighted by Crippen LogP contribution is -2.19. The lowest BCUT2D eigenvalue weighted by molar-refractivity contribution is 0.772. The van der Waals surface area contributed by atoms with Gasteiger partial charge in [-0.1, -0.05) is 36.0 Å². The summed E-state index contributed by atoms with van der Waals surface area (Å²) >= 11 is 1.95. The van der Waals surface area contributed by atoms with Gasteiger partial charge >= 0.3 is 0 Å². The molecule has 1 unspecified atom stereocenters. The molecule has 1 fully saturated rings. The molecule has 1 N–H and O–H groups in total. The summed E-state index contributed by atoms with van der Waals surface area (Å²) in [7, 11) is 0. The second-order valence-electron chi connectivity index (χ2n) is 4.92. The number of thioether (sulfide) groups is 1. The summed E-state index contributed by atoms with van der Waals surface area (Å²) in [5, 5.41) is 5.37. The monoisotopic (exact) mass is 246 g/mol. The summed E-state index contributed by atoms with van der Waals surface area (Å²) in [5.41, 5.74) is 2.72. The van der Waals surface area contributed by atoms with Crippen molar-refractivity contribution in [2.45, 2.75) is 31.6 Å². The maximum atomic E-state index is 4.59. The van der Waals surface area contributed by atoms with Gasteiger partial charge in [-0.3, -0.25) is 4.99 Å². The van der Waals surface area contributed by atoms with Crippen molar-refractivity contribution < 1.29 is 0 Å². The number of aliphatic imine (C=N–C) groups is 1. The molecule has 3 rings (SSSR count). The smallest absolute Gasteiger partial charge is 0.157 e. The minimum Gasteiger partial charge on any atom is -0.361 e. The summed E-state index contributed by atoms with van der Waals surface area (Å²) in [6.07, 6.45) is 2.83. The van der Waals surface area contributed by atoms with Crippen LogP contribution in [-0.4, -0.2) is 17.0 Å². The number of hydrogen-bond donors (Lipinski definition) is 1. The first-order valence-corrected chi connectivity index (χ1v) is 7.20. The van der Waals surface area contributed by atoms with Gasteiger partial charge in [0.2, 0.25) is 0 Å². The van der Waals surface area contributed by atoms with Crippen LogP contribution in [0.15, 0.2) is 29.3 Å². The third-order valence-corrected chi connectivity index (χ3v) is 4.85. The molecule has 1 aromatic carbocycles. The summed E-state index contributed by atoms with van der Waals surface area (Å²) in [6, 6.07) is 8.53. The van der Waals surface area contributed by atoms with Crippen molar-refractivity contribution in [3.8, 4) is 0 Å². The SMILES string of the molecule is Cc1ccccc1CNC1=NCC(C2CC2)S1. The molecule has 0 bridgehead atoms. The van der Waals surface area contributed by atoms with E-state index in [-0.39, 0.29) is 0 Å². The second kappa shape index (κ2) is 4.73. The summed E-state index contributed by atoms with van der Waals surface area (Å²) < 4.78 is 0. The average Bonchev–Trinajstić information content (AvgIpc) is 3.08. The predicted octanol–water partition coefficient (Wildman–Crippen LogP) is 2.97. The Morgan fingerprint density at radius 2 is 2.18 bits per heavy atom. The van der Waals surface area contributed by atoms with Crippen LogP contribution in [0.2, 0.25) is 0 Å². The van der Waals surface area contributed by atoms with Gasteiger partial charge in [-0.15, -0.1) is 0 Å². The van der Waals surface area contributed by atoms with E-state index >= 15 is 0 Å². The fourth-order valence-corrected chi connectivity index (χ4v) is 3.39. The molecule has 90 valence electrons. The molecular formula is C14H18N2S. The summed E-state index contributed by atoms with van der Waals surface area (Å²) in [4.78, 5) is 4.59. The standard InChI is InChI=1S/C14H18N2S/c1-10-4-2-3-5-12(10)8-15-14-16-9-13(17-14)11-6-7-11/h2-5,11,13H,6-9H2,1H3,(H,15,16). The van der Waals surface area contributed by atoms with Gasteiger partial charge in [0, 0.05) is 11.8 Å². The van der Waals surface area contributed by atoms with Crippen molar-refractivity contribution >= 4 is 16.9 Å². The molecule has 3 heteroatoms. The van der Waals surface area contributed by atoms with E-state index < -0.39 is 0 Å². The minimum absolute atomic E-state index is 0.759. The van der Waals surface area contributed by atoms with E-state index in [9.17, 15) is 0 Å². The lowest BCUT2D eigenvalue weighted by Gasteiger charge is -2.09. The Hall–Kier alpha value is -0.960. The molecular weight excluding hydrogens is 228 g/mol. The summed E-state index contributed by atoms with van der Waals surface area (Å²) in [6.45, 7) is 4.08. The molecule has 1 aromatic rings. The van der Waals surface area contributed by atoms with Crippen LogP contribution in [0.1, 0.15) is 24.0 Å². The van der Waals surface area contributed by atoms with E-state index in [1.807, 2.05) is 11.8 Å². The first-order chi connectivity index (χ1) is 8.33. The van der Waals surface area contributed by atoms with Crippen molar-refractivity contribution in [3.63, 3.8) is 0 Å². The van der Waals surface area contributed by atoms with E-state index in [1.54, 1.807) is 0 Å². The fraction of sp³-hybridized carbons (Fsp3) is 0.500. The van der Waals surface area contributed by atoms with Gasteiger partial charge in [-0.2, -0.15) is 0 Å². The van der Waals surface area contributed by atoms with Gasteiger partial charge in [-0.05, 0) is 36.8 Å². The van der Waals surface area contributed by atoms with Crippen LogP contribution in [-0.2, 0) is 6.54 Å². The molecule has 1 saturated carbocycles. The summed E-state index contributed by atoms with van der Waals surface area (Å²) in [5.74, 6) is 0.946. The molecule has 0 aromatic heterocycles. The average molecular weight is 246 g/mol. The van der Waals surface area contributed by atoms with Gasteiger partial charge in [0.15, 0.2) is 5.17 Å². The normalized spacial score (nSPS) is 23.6. The van der Waals surface area contributed by atoms with Gasteiger partial charge < -0.3 is 5.32 Å². The molecule has 1 heterocycles. The van der Waals surface area contributed by atoms with Crippen LogP contribution < -0.4 is 5.32 Å². The molecule has 1 aliphatic heterocycles. The van der Waals surface area contributed by atoms with E-state index in [2.05, 4.69) is 41.5 Å². The zero-order valence-corrected chi connectivity index (χ0v) is 11.0. The Balaban J connectivity index is 1.53. The molecule has 0 spiro atoms. The van der Waals surface area contributed by atoms with Crippen molar-refractivity contribution in [1.29, 1.82) is 0 Å². The van der Waals surface area contributed by atoms with Crippen LogP contribution in [0, 0.1) is 12.8 Å². The highest BCUT2D eigenvalue weighted by molar-refractivity contribution is 8.14. The van der Waals surface area contributed by atoms with Crippen LogP contribution in [0.5, 0.6) is 0 Å².